The van der Waals surface area contributed by atoms with Crippen LogP contribution in [0.25, 0.3) is 0 Å². The average Bonchev–Trinajstić information content (AvgIpc) is 2.65. The molecule has 142 valence electrons. The van der Waals surface area contributed by atoms with Crippen LogP contribution in [0, 0.1) is 6.92 Å². The Hall–Kier alpha value is -2.03. The van der Waals surface area contributed by atoms with Crippen LogP contribution in [0.4, 0.5) is 0 Å². The quantitative estimate of drug-likeness (QED) is 0.385. The number of hydrogen-bond acceptors (Lipinski definition) is 4. The minimum Gasteiger partial charge on any atom is -0.497 e. The van der Waals surface area contributed by atoms with Gasteiger partial charge in [0.15, 0.2) is 5.96 Å². The van der Waals surface area contributed by atoms with E-state index in [-0.39, 0.29) is 30.0 Å². The Balaban J connectivity index is 0.00000338. The largest absolute Gasteiger partial charge is 0.497 e. The number of ether oxygens (including phenoxy) is 2. The van der Waals surface area contributed by atoms with Crippen molar-refractivity contribution in [2.45, 2.75) is 26.4 Å². The predicted molar refractivity (Wildman–Crippen MR) is 116 cm³/mol. The lowest BCUT2D eigenvalue weighted by atomic mass is 10.1. The third kappa shape index (κ3) is 5.76. The fourth-order valence-corrected chi connectivity index (χ4v) is 2.53. The summed E-state index contributed by atoms with van der Waals surface area (Å²) in [5.41, 5.74) is 3.14. The Labute approximate surface area is 172 Å². The number of guanidine groups is 1. The van der Waals surface area contributed by atoms with Crippen molar-refractivity contribution >= 4 is 29.9 Å². The van der Waals surface area contributed by atoms with Crippen molar-refractivity contribution in [1.82, 2.24) is 15.6 Å². The maximum absolute atomic E-state index is 5.46. The number of halogens is 1. The molecule has 1 aromatic heterocycles. The molecule has 1 heterocycles. The Morgan fingerprint density at radius 3 is 2.62 bits per heavy atom. The van der Waals surface area contributed by atoms with Crippen molar-refractivity contribution in [3.63, 3.8) is 0 Å². The van der Waals surface area contributed by atoms with Gasteiger partial charge in [-0.1, -0.05) is 6.07 Å². The van der Waals surface area contributed by atoms with Crippen molar-refractivity contribution in [2.24, 2.45) is 4.99 Å². The molecule has 1 aromatic carbocycles. The molecule has 0 fully saturated rings. The summed E-state index contributed by atoms with van der Waals surface area (Å²) in [5.74, 6) is 2.29. The van der Waals surface area contributed by atoms with Gasteiger partial charge >= 0.3 is 0 Å². The lowest BCUT2D eigenvalue weighted by Gasteiger charge is -2.21. The van der Waals surface area contributed by atoms with Crippen molar-refractivity contribution in [3.05, 3.63) is 53.3 Å². The molecule has 7 heteroatoms. The van der Waals surface area contributed by atoms with E-state index in [9.17, 15) is 0 Å². The van der Waals surface area contributed by atoms with Crippen molar-refractivity contribution < 1.29 is 9.47 Å². The molecule has 0 aliphatic carbocycles. The maximum atomic E-state index is 5.46. The summed E-state index contributed by atoms with van der Waals surface area (Å²) in [6.07, 6.45) is 1.80. The first-order chi connectivity index (χ1) is 12.1. The summed E-state index contributed by atoms with van der Waals surface area (Å²) in [4.78, 5) is 8.68. The molecule has 0 aliphatic rings. The Kier molecular flexibility index (Phi) is 9.18. The van der Waals surface area contributed by atoms with Crippen LogP contribution >= 0.6 is 24.0 Å². The van der Waals surface area contributed by atoms with Gasteiger partial charge in [0.2, 0.25) is 0 Å². The number of hydrogen-bond donors (Lipinski definition) is 2. The smallest absolute Gasteiger partial charge is 0.191 e. The highest BCUT2D eigenvalue weighted by Crippen LogP contribution is 2.29. The summed E-state index contributed by atoms with van der Waals surface area (Å²) < 4.78 is 10.8. The number of nitrogens with zero attached hydrogens (tertiary/aromatic N) is 2. The molecule has 0 spiro atoms. The lowest BCUT2D eigenvalue weighted by molar-refractivity contribution is 0.394. The van der Waals surface area contributed by atoms with Gasteiger partial charge in [-0.25, -0.2) is 0 Å². The van der Waals surface area contributed by atoms with E-state index >= 15 is 0 Å². The minimum atomic E-state index is -0.0129. The third-order valence-electron chi connectivity index (χ3n) is 4.02. The normalized spacial score (nSPS) is 12.0. The summed E-state index contributed by atoms with van der Waals surface area (Å²) in [6.45, 7) is 4.70. The van der Waals surface area contributed by atoms with Gasteiger partial charge in [-0.15, -0.1) is 24.0 Å². The van der Waals surface area contributed by atoms with Crippen LogP contribution < -0.4 is 20.1 Å². The molecule has 0 saturated carbocycles. The van der Waals surface area contributed by atoms with E-state index in [1.165, 1.54) is 0 Å². The van der Waals surface area contributed by atoms with Crippen LogP contribution in [0.15, 0.2) is 41.5 Å². The van der Waals surface area contributed by atoms with E-state index in [0.717, 1.165) is 28.3 Å². The second-order valence-corrected chi connectivity index (χ2v) is 5.67. The summed E-state index contributed by atoms with van der Waals surface area (Å²) >= 11 is 0. The summed E-state index contributed by atoms with van der Waals surface area (Å²) in [6, 6.07) is 9.71. The number of rotatable bonds is 6. The number of nitrogens with one attached hydrogen (secondary N) is 2. The highest BCUT2D eigenvalue weighted by Gasteiger charge is 2.14. The first-order valence-electron chi connectivity index (χ1n) is 8.18. The highest BCUT2D eigenvalue weighted by atomic mass is 127. The molecule has 0 saturated heterocycles. The van der Waals surface area contributed by atoms with Crippen LogP contribution in [0.3, 0.4) is 0 Å². The molecule has 6 nitrogen and oxygen atoms in total. The third-order valence-corrected chi connectivity index (χ3v) is 4.02. The molecular weight excluding hydrogens is 443 g/mol. The van der Waals surface area contributed by atoms with Gasteiger partial charge in [-0.3, -0.25) is 9.98 Å². The number of pyridine rings is 1. The van der Waals surface area contributed by atoms with E-state index in [4.69, 9.17) is 9.47 Å². The first kappa shape index (κ1) is 22.0. The zero-order valence-corrected chi connectivity index (χ0v) is 18.2. The van der Waals surface area contributed by atoms with Crippen LogP contribution in [0.1, 0.15) is 29.8 Å². The van der Waals surface area contributed by atoms with Crippen molar-refractivity contribution in [2.75, 3.05) is 21.3 Å². The van der Waals surface area contributed by atoms with Gasteiger partial charge < -0.3 is 20.1 Å². The van der Waals surface area contributed by atoms with Gasteiger partial charge in [0.05, 0.1) is 32.5 Å². The summed E-state index contributed by atoms with van der Waals surface area (Å²) in [5, 5.41) is 6.67. The number of aryl methyl sites for hydroxylation is 1. The fraction of sp³-hybridized carbons (Fsp3) is 0.368. The molecule has 1 unspecified atom stereocenters. The molecule has 2 N–H and O–H groups in total. The van der Waals surface area contributed by atoms with Crippen molar-refractivity contribution in [3.8, 4) is 11.5 Å². The summed E-state index contributed by atoms with van der Waals surface area (Å²) in [7, 11) is 5.06. The minimum absolute atomic E-state index is 0. The highest BCUT2D eigenvalue weighted by molar-refractivity contribution is 14.0. The topological polar surface area (TPSA) is 67.8 Å². The van der Waals surface area contributed by atoms with E-state index in [1.54, 1.807) is 27.5 Å². The first-order valence-corrected chi connectivity index (χ1v) is 8.18. The van der Waals surface area contributed by atoms with Gasteiger partial charge in [-0.05, 0) is 43.7 Å². The molecule has 1 atom stereocenters. The molecule has 0 bridgehead atoms. The molecular formula is C19H27IN4O2. The lowest BCUT2D eigenvalue weighted by Crippen LogP contribution is -2.38. The maximum Gasteiger partial charge on any atom is 0.191 e. The number of aliphatic imine (C=N–C) groups is 1. The predicted octanol–water partition coefficient (Wildman–Crippen LogP) is 3.45. The monoisotopic (exact) mass is 470 g/mol. The van der Waals surface area contributed by atoms with E-state index in [1.807, 2.05) is 37.3 Å². The molecule has 0 amide bonds. The van der Waals surface area contributed by atoms with Gasteiger partial charge in [0, 0.05) is 18.8 Å². The Bertz CT molecular complexity index is 737. The van der Waals surface area contributed by atoms with E-state index in [0.29, 0.717) is 12.5 Å². The van der Waals surface area contributed by atoms with Crippen molar-refractivity contribution in [1.29, 1.82) is 0 Å². The Morgan fingerprint density at radius 2 is 2.00 bits per heavy atom. The van der Waals surface area contributed by atoms with Gasteiger partial charge in [0.1, 0.15) is 11.5 Å². The zero-order valence-electron chi connectivity index (χ0n) is 15.9. The van der Waals surface area contributed by atoms with E-state index < -0.39 is 0 Å². The molecule has 0 radical (unpaired) electrons. The Morgan fingerprint density at radius 1 is 1.23 bits per heavy atom. The molecule has 2 aromatic rings. The molecule has 26 heavy (non-hydrogen) atoms. The average molecular weight is 470 g/mol. The second-order valence-electron chi connectivity index (χ2n) is 5.67. The number of methoxy groups -OCH3 is 2. The van der Waals surface area contributed by atoms with Gasteiger partial charge in [0.25, 0.3) is 0 Å². The molecule has 0 aliphatic heterocycles. The standard InChI is InChI=1S/C19H26N4O2.HI/c1-13-7-6-10-21-17(13)12-22-19(20-3)23-14(2)16-11-15(24-4)8-9-18(16)25-5;/h6-11,14H,12H2,1-5H3,(H2,20,22,23);1H. The second kappa shape index (κ2) is 10.8. The van der Waals surface area contributed by atoms with Crippen LogP contribution in [0.2, 0.25) is 0 Å². The zero-order chi connectivity index (χ0) is 18.2. The van der Waals surface area contributed by atoms with E-state index in [2.05, 4.69) is 27.5 Å². The van der Waals surface area contributed by atoms with Crippen LogP contribution in [0.5, 0.6) is 11.5 Å². The van der Waals surface area contributed by atoms with Gasteiger partial charge in [-0.2, -0.15) is 0 Å². The molecule has 2 rings (SSSR count). The number of aromatic nitrogens is 1. The SMILES string of the molecule is CN=C(NCc1ncccc1C)NC(C)c1cc(OC)ccc1OC.I. The van der Waals surface area contributed by atoms with Crippen LogP contribution in [-0.2, 0) is 6.54 Å². The van der Waals surface area contributed by atoms with Crippen LogP contribution in [-0.4, -0.2) is 32.2 Å². The fourth-order valence-electron chi connectivity index (χ4n) is 2.53. The number of benzene rings is 1.